The maximum atomic E-state index is 11.6. The molecule has 2 amide bonds. The van der Waals surface area contributed by atoms with Crippen LogP contribution in [0.3, 0.4) is 0 Å². The normalized spacial score (nSPS) is 18.6. The van der Waals surface area contributed by atoms with Gasteiger partial charge in [-0.25, -0.2) is 4.79 Å². The topological polar surface area (TPSA) is 53.2 Å². The van der Waals surface area contributed by atoms with Crippen molar-refractivity contribution in [2.24, 2.45) is 5.92 Å². The number of amides is 2. The minimum absolute atomic E-state index is 0.0955. The number of urea groups is 1. The zero-order valence-corrected chi connectivity index (χ0v) is 11.8. The van der Waals surface area contributed by atoms with E-state index in [9.17, 15) is 4.79 Å². The number of halogens is 1. The van der Waals surface area contributed by atoms with Gasteiger partial charge in [-0.1, -0.05) is 28.1 Å². The summed E-state index contributed by atoms with van der Waals surface area (Å²) in [5.41, 5.74) is 1.09. The summed E-state index contributed by atoms with van der Waals surface area (Å²) in [7, 11) is 0. The average Bonchev–Trinajstić information content (AvgIpc) is 2.87. The molecule has 0 saturated carbocycles. The Kier molecular flexibility index (Phi) is 5.01. The summed E-state index contributed by atoms with van der Waals surface area (Å²) in [6.45, 7) is 3.36. The van der Waals surface area contributed by atoms with E-state index in [1.54, 1.807) is 0 Å². The average molecular weight is 312 g/mol. The van der Waals surface area contributed by atoms with Gasteiger partial charge >= 0.3 is 6.03 Å². The van der Waals surface area contributed by atoms with Crippen molar-refractivity contribution in [3.63, 3.8) is 0 Å². The number of hydrogen-bond donors (Lipinski definition) is 3. The highest BCUT2D eigenvalue weighted by Crippen LogP contribution is 2.11. The van der Waals surface area contributed by atoms with Crippen LogP contribution >= 0.6 is 15.9 Å². The van der Waals surface area contributed by atoms with Crippen LogP contribution in [-0.2, 0) is 6.54 Å². The Morgan fingerprint density at radius 2 is 2.33 bits per heavy atom. The summed E-state index contributed by atoms with van der Waals surface area (Å²) < 4.78 is 1.03. The van der Waals surface area contributed by atoms with Crippen LogP contribution in [0.2, 0.25) is 0 Å². The van der Waals surface area contributed by atoms with E-state index in [4.69, 9.17) is 0 Å². The highest BCUT2D eigenvalue weighted by atomic mass is 79.9. The molecule has 0 aliphatic carbocycles. The van der Waals surface area contributed by atoms with Gasteiger partial charge in [-0.3, -0.25) is 0 Å². The van der Waals surface area contributed by atoms with Crippen LogP contribution in [0.25, 0.3) is 0 Å². The van der Waals surface area contributed by atoms with E-state index in [0.717, 1.165) is 36.1 Å². The van der Waals surface area contributed by atoms with Crippen molar-refractivity contribution in [2.75, 3.05) is 19.6 Å². The molecular weight excluding hydrogens is 294 g/mol. The molecule has 1 aromatic carbocycles. The Morgan fingerprint density at radius 3 is 3.06 bits per heavy atom. The first-order valence-corrected chi connectivity index (χ1v) is 7.00. The van der Waals surface area contributed by atoms with Gasteiger partial charge in [-0.05, 0) is 43.1 Å². The van der Waals surface area contributed by atoms with Crippen molar-refractivity contribution in [2.45, 2.75) is 13.0 Å². The molecule has 5 heteroatoms. The zero-order chi connectivity index (χ0) is 12.8. The smallest absolute Gasteiger partial charge is 0.315 e. The Morgan fingerprint density at radius 1 is 1.44 bits per heavy atom. The standard InChI is InChI=1S/C13H18BrN3O/c14-12-3-1-2-10(6-12)8-16-13(18)17-9-11-4-5-15-7-11/h1-3,6,11,15H,4-5,7-9H2,(H2,16,17,18). The predicted octanol–water partition coefficient (Wildman–Crippen LogP) is 1.86. The van der Waals surface area contributed by atoms with Gasteiger partial charge in [0, 0.05) is 17.6 Å². The van der Waals surface area contributed by atoms with Crippen molar-refractivity contribution >= 4 is 22.0 Å². The van der Waals surface area contributed by atoms with Gasteiger partial charge in [0.15, 0.2) is 0 Å². The molecule has 0 radical (unpaired) electrons. The molecule has 1 aliphatic rings. The first-order chi connectivity index (χ1) is 8.74. The van der Waals surface area contributed by atoms with Gasteiger partial charge in [-0.15, -0.1) is 0 Å². The van der Waals surface area contributed by atoms with Crippen LogP contribution in [0.5, 0.6) is 0 Å². The van der Waals surface area contributed by atoms with Crippen molar-refractivity contribution in [3.05, 3.63) is 34.3 Å². The van der Waals surface area contributed by atoms with Crippen LogP contribution in [0.4, 0.5) is 4.79 Å². The van der Waals surface area contributed by atoms with Crippen LogP contribution in [0, 0.1) is 5.92 Å². The summed E-state index contributed by atoms with van der Waals surface area (Å²) in [5.74, 6) is 0.571. The second-order valence-corrected chi connectivity index (χ2v) is 5.47. The van der Waals surface area contributed by atoms with Crippen molar-refractivity contribution in [1.29, 1.82) is 0 Å². The van der Waals surface area contributed by atoms with E-state index in [1.807, 2.05) is 24.3 Å². The summed E-state index contributed by atoms with van der Waals surface area (Å²) in [5, 5.41) is 9.05. The number of benzene rings is 1. The molecule has 0 spiro atoms. The first kappa shape index (κ1) is 13.4. The first-order valence-electron chi connectivity index (χ1n) is 6.21. The predicted molar refractivity (Wildman–Crippen MR) is 75.4 cm³/mol. The third kappa shape index (κ3) is 4.31. The molecule has 1 aliphatic heterocycles. The highest BCUT2D eigenvalue weighted by molar-refractivity contribution is 9.10. The van der Waals surface area contributed by atoms with E-state index in [0.29, 0.717) is 12.5 Å². The molecule has 1 fully saturated rings. The van der Waals surface area contributed by atoms with Crippen LogP contribution < -0.4 is 16.0 Å². The molecule has 98 valence electrons. The third-order valence-electron chi connectivity index (χ3n) is 3.06. The molecule has 0 aromatic heterocycles. The molecule has 1 saturated heterocycles. The SMILES string of the molecule is O=C(NCc1cccc(Br)c1)NCC1CCNC1. The molecule has 1 atom stereocenters. The van der Waals surface area contributed by atoms with E-state index in [2.05, 4.69) is 31.9 Å². The second-order valence-electron chi connectivity index (χ2n) is 4.55. The van der Waals surface area contributed by atoms with Crippen molar-refractivity contribution < 1.29 is 4.79 Å². The summed E-state index contributed by atoms with van der Waals surface area (Å²) in [6.07, 6.45) is 1.14. The van der Waals surface area contributed by atoms with Gasteiger partial charge in [0.2, 0.25) is 0 Å². The minimum atomic E-state index is -0.0955. The summed E-state index contributed by atoms with van der Waals surface area (Å²) >= 11 is 3.41. The molecular formula is C13H18BrN3O. The highest BCUT2D eigenvalue weighted by Gasteiger charge is 2.14. The number of hydrogen-bond acceptors (Lipinski definition) is 2. The molecule has 1 unspecified atom stereocenters. The van der Waals surface area contributed by atoms with E-state index in [1.165, 1.54) is 0 Å². The van der Waals surface area contributed by atoms with Crippen LogP contribution in [-0.4, -0.2) is 25.7 Å². The monoisotopic (exact) mass is 311 g/mol. The fourth-order valence-electron chi connectivity index (χ4n) is 2.02. The largest absolute Gasteiger partial charge is 0.338 e. The van der Waals surface area contributed by atoms with E-state index in [-0.39, 0.29) is 6.03 Å². The number of nitrogens with one attached hydrogen (secondary N) is 3. The molecule has 2 rings (SSSR count). The molecule has 3 N–H and O–H groups in total. The number of carbonyl (C=O) groups is 1. The van der Waals surface area contributed by atoms with Crippen LogP contribution in [0.1, 0.15) is 12.0 Å². The summed E-state index contributed by atoms with van der Waals surface area (Å²) in [6, 6.07) is 7.83. The number of rotatable bonds is 4. The fraction of sp³-hybridized carbons (Fsp3) is 0.462. The van der Waals surface area contributed by atoms with Gasteiger partial charge < -0.3 is 16.0 Å². The third-order valence-corrected chi connectivity index (χ3v) is 3.55. The maximum Gasteiger partial charge on any atom is 0.315 e. The molecule has 4 nitrogen and oxygen atoms in total. The Labute approximate surface area is 116 Å². The maximum absolute atomic E-state index is 11.6. The second kappa shape index (κ2) is 6.75. The van der Waals surface area contributed by atoms with E-state index >= 15 is 0 Å². The lowest BCUT2D eigenvalue weighted by Crippen LogP contribution is -2.38. The molecule has 1 heterocycles. The molecule has 1 aromatic rings. The van der Waals surface area contributed by atoms with Gasteiger partial charge in [0.05, 0.1) is 0 Å². The van der Waals surface area contributed by atoms with Gasteiger partial charge in [-0.2, -0.15) is 0 Å². The Bertz CT molecular complexity index is 405. The quantitative estimate of drug-likeness (QED) is 0.795. The lowest BCUT2D eigenvalue weighted by molar-refractivity contribution is 0.239. The van der Waals surface area contributed by atoms with Crippen molar-refractivity contribution in [3.8, 4) is 0 Å². The molecule has 18 heavy (non-hydrogen) atoms. The van der Waals surface area contributed by atoms with E-state index < -0.39 is 0 Å². The van der Waals surface area contributed by atoms with Crippen molar-refractivity contribution in [1.82, 2.24) is 16.0 Å². The Balaban J connectivity index is 1.68. The van der Waals surface area contributed by atoms with Gasteiger partial charge in [0.1, 0.15) is 0 Å². The Hall–Kier alpha value is -1.07. The zero-order valence-electron chi connectivity index (χ0n) is 10.2. The lowest BCUT2D eigenvalue weighted by atomic mass is 10.1. The van der Waals surface area contributed by atoms with Crippen LogP contribution in [0.15, 0.2) is 28.7 Å². The lowest BCUT2D eigenvalue weighted by Gasteiger charge is -2.11. The fourth-order valence-corrected chi connectivity index (χ4v) is 2.46. The minimum Gasteiger partial charge on any atom is -0.338 e. The molecule has 0 bridgehead atoms. The summed E-state index contributed by atoms with van der Waals surface area (Å²) in [4.78, 5) is 11.6. The number of carbonyl (C=O) groups excluding carboxylic acids is 1. The van der Waals surface area contributed by atoms with Gasteiger partial charge in [0.25, 0.3) is 0 Å².